The minimum Gasteiger partial charge on any atom is -0.358 e. The molecule has 8 heteroatoms. The number of aliphatic imine (C=N–C) groups is 2. The molecular weight excluding hydrogens is 394 g/mol. The first-order valence-electron chi connectivity index (χ1n) is 5.59. The van der Waals surface area contributed by atoms with Gasteiger partial charge in [0.15, 0.2) is 5.78 Å². The first-order chi connectivity index (χ1) is 9.32. The molecule has 1 aromatic rings. The number of carbonyl (C=O) groups excluding carboxylic acids is 1. The summed E-state index contributed by atoms with van der Waals surface area (Å²) in [5, 5.41) is 11.0. The standard InChI is InChI=1S/C12H9Br2N3O3/c1-7-15-11(17(19)20)12(14,16-7)6-10(18)8-3-2-4-9(13)5-8/h2-5H,6H2,1H3. The van der Waals surface area contributed by atoms with Crippen LogP contribution < -0.4 is 0 Å². The van der Waals surface area contributed by atoms with E-state index in [1.54, 1.807) is 31.2 Å². The van der Waals surface area contributed by atoms with Crippen LogP contribution in [-0.4, -0.2) is 26.8 Å². The van der Waals surface area contributed by atoms with Gasteiger partial charge in [-0.1, -0.05) is 28.1 Å². The molecular formula is C12H9Br2N3O3. The number of hydrogen-bond donors (Lipinski definition) is 0. The normalized spacial score (nSPS) is 21.4. The average Bonchev–Trinajstić information content (AvgIpc) is 2.64. The van der Waals surface area contributed by atoms with Crippen LogP contribution in [0, 0.1) is 10.1 Å². The number of halogens is 2. The number of rotatable bonds is 3. The summed E-state index contributed by atoms with van der Waals surface area (Å²) in [5.41, 5.74) is 0.459. The van der Waals surface area contributed by atoms with Gasteiger partial charge in [-0.25, -0.2) is 4.99 Å². The molecule has 1 aromatic carbocycles. The first-order valence-corrected chi connectivity index (χ1v) is 7.18. The topological polar surface area (TPSA) is 84.9 Å². The molecule has 1 aliphatic rings. The summed E-state index contributed by atoms with van der Waals surface area (Å²) in [7, 11) is 0. The molecule has 0 amide bonds. The lowest BCUT2D eigenvalue weighted by atomic mass is 10.0. The lowest BCUT2D eigenvalue weighted by Crippen LogP contribution is -2.35. The maximum atomic E-state index is 12.2. The Kier molecular flexibility index (Phi) is 4.14. The largest absolute Gasteiger partial charge is 0.380 e. The van der Waals surface area contributed by atoms with Crippen LogP contribution in [0.4, 0.5) is 0 Å². The summed E-state index contributed by atoms with van der Waals surface area (Å²) in [4.78, 5) is 30.4. The molecule has 1 aliphatic heterocycles. The van der Waals surface area contributed by atoms with Crippen molar-refractivity contribution in [1.82, 2.24) is 0 Å². The Morgan fingerprint density at radius 2 is 2.20 bits per heavy atom. The van der Waals surface area contributed by atoms with Crippen LogP contribution in [0.2, 0.25) is 0 Å². The van der Waals surface area contributed by atoms with Crippen LogP contribution in [0.1, 0.15) is 23.7 Å². The monoisotopic (exact) mass is 401 g/mol. The second-order valence-electron chi connectivity index (χ2n) is 4.22. The molecule has 0 saturated carbocycles. The Hall–Kier alpha value is -1.41. The molecule has 0 saturated heterocycles. The molecule has 0 N–H and O–H groups in total. The summed E-state index contributed by atoms with van der Waals surface area (Å²) < 4.78 is -0.624. The fourth-order valence-electron chi connectivity index (χ4n) is 1.85. The minimum absolute atomic E-state index is 0.166. The Morgan fingerprint density at radius 3 is 2.80 bits per heavy atom. The smallest absolute Gasteiger partial charge is 0.358 e. The van der Waals surface area contributed by atoms with Gasteiger partial charge in [0, 0.05) is 17.0 Å². The van der Waals surface area contributed by atoms with Crippen LogP contribution >= 0.6 is 31.9 Å². The van der Waals surface area contributed by atoms with E-state index in [4.69, 9.17) is 0 Å². The van der Waals surface area contributed by atoms with E-state index < -0.39 is 9.37 Å². The SMILES string of the molecule is CC1=NC(Br)(CC(=O)c2cccc(Br)c2)C([N+](=O)[O-])=N1. The molecule has 6 nitrogen and oxygen atoms in total. The number of ketones is 1. The molecule has 20 heavy (non-hydrogen) atoms. The van der Waals surface area contributed by atoms with E-state index in [0.29, 0.717) is 5.56 Å². The Bertz CT molecular complexity index is 657. The molecule has 1 heterocycles. The number of alkyl halides is 1. The molecule has 0 aromatic heterocycles. The number of benzene rings is 1. The quantitative estimate of drug-likeness (QED) is 0.256. The molecule has 0 radical (unpaired) electrons. The summed E-state index contributed by atoms with van der Waals surface area (Å²) in [6, 6.07) is 6.83. The van der Waals surface area contributed by atoms with Crippen LogP contribution in [-0.2, 0) is 0 Å². The molecule has 104 valence electrons. The third-order valence-electron chi connectivity index (χ3n) is 2.66. The maximum Gasteiger partial charge on any atom is 0.380 e. The van der Waals surface area contributed by atoms with Gasteiger partial charge >= 0.3 is 5.84 Å². The predicted molar refractivity (Wildman–Crippen MR) is 82.3 cm³/mol. The zero-order valence-corrected chi connectivity index (χ0v) is 13.5. The zero-order valence-electron chi connectivity index (χ0n) is 10.3. The van der Waals surface area contributed by atoms with E-state index in [9.17, 15) is 14.9 Å². The van der Waals surface area contributed by atoms with Gasteiger partial charge in [-0.05, 0) is 38.0 Å². The van der Waals surface area contributed by atoms with Gasteiger partial charge in [0.25, 0.3) is 0 Å². The average molecular weight is 403 g/mol. The third kappa shape index (κ3) is 3.01. The van der Waals surface area contributed by atoms with Crippen molar-refractivity contribution in [1.29, 1.82) is 0 Å². The number of nitrogens with zero attached hydrogens (tertiary/aromatic N) is 3. The fourth-order valence-corrected chi connectivity index (χ4v) is 2.99. The van der Waals surface area contributed by atoms with Crippen molar-refractivity contribution < 1.29 is 9.72 Å². The van der Waals surface area contributed by atoms with Gasteiger partial charge in [0.2, 0.25) is 10.3 Å². The van der Waals surface area contributed by atoms with Crippen LogP contribution in [0.3, 0.4) is 0 Å². The summed E-state index contributed by atoms with van der Waals surface area (Å²) >= 11 is 6.46. The highest BCUT2D eigenvalue weighted by atomic mass is 79.9. The lowest BCUT2D eigenvalue weighted by molar-refractivity contribution is -0.354. The van der Waals surface area contributed by atoms with Crippen LogP contribution in [0.15, 0.2) is 38.7 Å². The summed E-state index contributed by atoms with van der Waals surface area (Å²) in [6.45, 7) is 1.55. The highest BCUT2D eigenvalue weighted by molar-refractivity contribution is 9.10. The van der Waals surface area contributed by atoms with Crippen LogP contribution in [0.25, 0.3) is 0 Å². The second-order valence-corrected chi connectivity index (χ2v) is 6.45. The lowest BCUT2D eigenvalue weighted by Gasteiger charge is -2.14. The van der Waals surface area contributed by atoms with Crippen LogP contribution in [0.5, 0.6) is 0 Å². The van der Waals surface area contributed by atoms with Gasteiger partial charge in [-0.2, -0.15) is 0 Å². The molecule has 0 aliphatic carbocycles. The van der Waals surface area contributed by atoms with Gasteiger partial charge in [0.05, 0.1) is 6.42 Å². The Labute approximate surface area is 131 Å². The van der Waals surface area contributed by atoms with Gasteiger partial charge in [-0.3, -0.25) is 4.79 Å². The minimum atomic E-state index is -1.39. The molecule has 1 unspecified atom stereocenters. The third-order valence-corrected chi connectivity index (χ3v) is 3.97. The number of amidine groups is 2. The molecule has 2 rings (SSSR count). The van der Waals surface area contributed by atoms with Gasteiger partial charge < -0.3 is 10.1 Å². The first kappa shape index (κ1) is 15.0. The number of carbonyl (C=O) groups is 1. The van der Waals surface area contributed by atoms with Crippen molar-refractivity contribution in [3.8, 4) is 0 Å². The van der Waals surface area contributed by atoms with Crippen molar-refractivity contribution in [3.63, 3.8) is 0 Å². The van der Waals surface area contributed by atoms with Crippen molar-refractivity contribution >= 4 is 49.3 Å². The van der Waals surface area contributed by atoms with E-state index in [-0.39, 0.29) is 23.9 Å². The van der Waals surface area contributed by atoms with Gasteiger partial charge in [-0.15, -0.1) is 0 Å². The highest BCUT2D eigenvalue weighted by Crippen LogP contribution is 2.33. The van der Waals surface area contributed by atoms with E-state index in [1.165, 1.54) is 0 Å². The van der Waals surface area contributed by atoms with E-state index >= 15 is 0 Å². The number of nitro groups is 1. The van der Waals surface area contributed by atoms with Crippen molar-refractivity contribution in [2.75, 3.05) is 0 Å². The molecule has 0 fully saturated rings. The van der Waals surface area contributed by atoms with E-state index in [1.807, 2.05) is 0 Å². The Morgan fingerprint density at radius 1 is 1.50 bits per heavy atom. The summed E-state index contributed by atoms with van der Waals surface area (Å²) in [6.07, 6.45) is -0.166. The molecule has 0 spiro atoms. The zero-order chi connectivity index (χ0) is 14.9. The predicted octanol–water partition coefficient (Wildman–Crippen LogP) is 3.22. The second kappa shape index (κ2) is 5.53. The molecule has 0 bridgehead atoms. The van der Waals surface area contributed by atoms with Crippen molar-refractivity contribution in [3.05, 3.63) is 44.4 Å². The number of hydrogen-bond acceptors (Lipinski definition) is 5. The van der Waals surface area contributed by atoms with E-state index in [2.05, 4.69) is 41.8 Å². The van der Waals surface area contributed by atoms with Crippen molar-refractivity contribution in [2.24, 2.45) is 9.98 Å². The highest BCUT2D eigenvalue weighted by Gasteiger charge is 2.48. The number of Topliss-reactive ketones (excluding diaryl/α,β-unsaturated/α-hetero) is 1. The fraction of sp³-hybridized carbons (Fsp3) is 0.250. The Balaban J connectivity index is 2.27. The van der Waals surface area contributed by atoms with Gasteiger partial charge in [0.1, 0.15) is 0 Å². The van der Waals surface area contributed by atoms with Crippen molar-refractivity contribution in [2.45, 2.75) is 17.8 Å². The maximum absolute atomic E-state index is 12.2. The van der Waals surface area contributed by atoms with E-state index in [0.717, 1.165) is 4.47 Å². The molecule has 1 atom stereocenters. The summed E-state index contributed by atoms with van der Waals surface area (Å²) in [5.74, 6) is -0.342.